The van der Waals surface area contributed by atoms with Crippen LogP contribution in [0.25, 0.3) is 0 Å². The van der Waals surface area contributed by atoms with Crippen molar-refractivity contribution in [3.05, 3.63) is 0 Å². The van der Waals surface area contributed by atoms with Gasteiger partial charge < -0.3 is 18.5 Å². The topological polar surface area (TPSA) is 223 Å². The average Bonchev–Trinajstić information content (AvgIpc) is 1.14. The van der Waals surface area contributed by atoms with Crippen molar-refractivity contribution in [3.8, 4) is 0 Å². The van der Waals surface area contributed by atoms with Crippen LogP contribution in [0.15, 0.2) is 0 Å². The van der Waals surface area contributed by atoms with Crippen molar-refractivity contribution >= 4 is 0 Å². The molecule has 12 heavy (non-hydrogen) atoms. The SMILES string of the molecule is N.N.N.[O]=[Cr](=[O])([OH])[O][Cr](=[O])(=[O])[OH]. The molecule has 0 aliphatic heterocycles. The third-order valence-corrected chi connectivity index (χ3v) is 2.92. The molecule has 0 aliphatic rings. The van der Waals surface area contributed by atoms with Crippen LogP contribution < -0.4 is 18.5 Å². The normalized spacial score (nSPS) is 10.2. The second kappa shape index (κ2) is 6.53. The van der Waals surface area contributed by atoms with Gasteiger partial charge in [-0.05, 0) is 0 Å². The Morgan fingerprint density at radius 1 is 0.750 bits per heavy atom. The fraction of sp³-hybridized carbons (Fsp3) is 0. The molecule has 0 spiro atoms. The first kappa shape index (κ1) is 22.7. The van der Waals surface area contributed by atoms with Crippen molar-refractivity contribution in [1.29, 1.82) is 0 Å². The molecule has 0 aromatic carbocycles. The van der Waals surface area contributed by atoms with Gasteiger partial charge in [-0.25, -0.2) is 0 Å². The van der Waals surface area contributed by atoms with Gasteiger partial charge in [0.1, 0.15) is 0 Å². The first-order chi connectivity index (χ1) is 3.71. The van der Waals surface area contributed by atoms with E-state index in [2.05, 4.69) is 2.84 Å². The summed E-state index contributed by atoms with van der Waals surface area (Å²) in [6.45, 7) is 0. The molecule has 0 unspecified atom stereocenters. The zero-order valence-corrected chi connectivity index (χ0v) is 8.42. The van der Waals surface area contributed by atoms with Gasteiger partial charge in [0.2, 0.25) is 0 Å². The molecule has 0 aliphatic carbocycles. The van der Waals surface area contributed by atoms with Gasteiger partial charge in [-0.1, -0.05) is 0 Å². The molecule has 10 nitrogen and oxygen atoms in total. The van der Waals surface area contributed by atoms with Crippen molar-refractivity contribution in [3.63, 3.8) is 0 Å². The fourth-order valence-electron chi connectivity index (χ4n) is 0.109. The Morgan fingerprint density at radius 2 is 0.917 bits per heavy atom. The summed E-state index contributed by atoms with van der Waals surface area (Å²) >= 11 is -11.5. The maximum atomic E-state index is 9.53. The average molecular weight is 269 g/mol. The predicted molar refractivity (Wildman–Crippen MR) is 23.3 cm³/mol. The molecule has 0 aromatic heterocycles. The van der Waals surface area contributed by atoms with Gasteiger partial charge in [0, 0.05) is 0 Å². The number of hydrogen-bond donors (Lipinski definition) is 5. The van der Waals surface area contributed by atoms with Crippen LogP contribution in [0.2, 0.25) is 0 Å². The van der Waals surface area contributed by atoms with Crippen LogP contribution in [0.4, 0.5) is 0 Å². The second-order valence-corrected chi connectivity index (χ2v) is 4.68. The summed E-state index contributed by atoms with van der Waals surface area (Å²) in [4.78, 5) is 0. The summed E-state index contributed by atoms with van der Waals surface area (Å²) in [5.74, 6) is 0. The van der Waals surface area contributed by atoms with Gasteiger partial charge in [-0.2, -0.15) is 0 Å². The first-order valence-corrected chi connectivity index (χ1v) is 5.63. The molecule has 0 saturated heterocycles. The van der Waals surface area contributed by atoms with E-state index in [1.54, 1.807) is 0 Å². The summed E-state index contributed by atoms with van der Waals surface area (Å²) < 4.78 is 56.3. The van der Waals surface area contributed by atoms with E-state index in [4.69, 9.17) is 8.32 Å². The van der Waals surface area contributed by atoms with E-state index in [0.29, 0.717) is 0 Å². The first-order valence-electron chi connectivity index (χ1n) is 1.37. The predicted octanol–water partition coefficient (Wildman–Crippen LogP) is -1.18. The molecule has 0 heterocycles. The molecular formula is H11Cr2N3O7. The molecule has 0 amide bonds. The zero-order valence-electron chi connectivity index (χ0n) is 5.87. The Morgan fingerprint density at radius 3 is 0.917 bits per heavy atom. The molecule has 0 atom stereocenters. The van der Waals surface area contributed by atoms with E-state index >= 15 is 0 Å². The Bertz CT molecular complexity index is 242. The summed E-state index contributed by atoms with van der Waals surface area (Å²) in [5.41, 5.74) is 0. The monoisotopic (exact) mass is 269 g/mol. The molecule has 12 heteroatoms. The molecule has 0 fully saturated rings. The van der Waals surface area contributed by atoms with Gasteiger partial charge in [-0.15, -0.1) is 0 Å². The van der Waals surface area contributed by atoms with Gasteiger partial charge in [0.25, 0.3) is 0 Å². The minimum absolute atomic E-state index is 0. The molecular weight excluding hydrogens is 258 g/mol. The molecule has 0 aromatic rings. The van der Waals surface area contributed by atoms with Crippen LogP contribution in [0.1, 0.15) is 0 Å². The van der Waals surface area contributed by atoms with Crippen LogP contribution in [-0.4, -0.2) is 8.32 Å². The summed E-state index contributed by atoms with van der Waals surface area (Å²) in [6, 6.07) is 0. The zero-order chi connectivity index (χ0) is 7.71. The third kappa shape index (κ3) is 22.5. The van der Waals surface area contributed by atoms with Crippen molar-refractivity contribution in [1.82, 2.24) is 18.5 Å². The third-order valence-electron chi connectivity index (χ3n) is 0.172. The van der Waals surface area contributed by atoms with Gasteiger partial charge in [-0.3, -0.25) is 0 Å². The molecule has 0 rings (SSSR count). The van der Waals surface area contributed by atoms with Crippen LogP contribution in [-0.2, 0) is 45.3 Å². The van der Waals surface area contributed by atoms with E-state index in [-0.39, 0.29) is 18.5 Å². The summed E-state index contributed by atoms with van der Waals surface area (Å²) in [6.07, 6.45) is 0. The molecule has 0 radical (unpaired) electrons. The fourth-order valence-corrected chi connectivity index (χ4v) is 1.85. The van der Waals surface area contributed by atoms with Gasteiger partial charge in [0.05, 0.1) is 0 Å². The van der Waals surface area contributed by atoms with Crippen molar-refractivity contribution in [2.24, 2.45) is 0 Å². The second-order valence-electron chi connectivity index (χ2n) is 0.924. The van der Waals surface area contributed by atoms with Crippen molar-refractivity contribution < 1.29 is 53.6 Å². The quantitative estimate of drug-likeness (QED) is 0.403. The Kier molecular flexibility index (Phi) is 12.4. The number of rotatable bonds is 2. The maximum absolute atomic E-state index is 9.53. The van der Waals surface area contributed by atoms with Gasteiger partial charge in [0.15, 0.2) is 0 Å². The van der Waals surface area contributed by atoms with Crippen LogP contribution in [0.5, 0.6) is 0 Å². The van der Waals surface area contributed by atoms with E-state index in [1.165, 1.54) is 0 Å². The Hall–Kier alpha value is 0.0249. The standard InChI is InChI=1S/2Cr.3H3N.2H2O.5O/h;;3*1H3;2*1H2;;;;;/q2*+1;;;;;;;;;;/p-2. The van der Waals surface area contributed by atoms with E-state index < -0.39 is 27.2 Å². The Labute approximate surface area is 72.4 Å². The van der Waals surface area contributed by atoms with Crippen molar-refractivity contribution in [2.45, 2.75) is 0 Å². The van der Waals surface area contributed by atoms with Crippen LogP contribution in [0, 0.1) is 0 Å². The van der Waals surface area contributed by atoms with Crippen LogP contribution >= 0.6 is 0 Å². The number of hydrogen-bond acceptors (Lipinski definition) is 8. The molecule has 0 bridgehead atoms. The molecule has 11 N–H and O–H groups in total. The van der Waals surface area contributed by atoms with Gasteiger partial charge >= 0.3 is 53.6 Å². The molecule has 0 saturated carbocycles. The van der Waals surface area contributed by atoms with Crippen LogP contribution in [0.3, 0.4) is 0 Å². The van der Waals surface area contributed by atoms with Crippen molar-refractivity contribution in [2.75, 3.05) is 0 Å². The summed E-state index contributed by atoms with van der Waals surface area (Å²) in [5, 5.41) is 0. The Balaban J connectivity index is -0.000000107. The van der Waals surface area contributed by atoms with E-state index in [0.717, 1.165) is 0 Å². The van der Waals surface area contributed by atoms with E-state index in [9.17, 15) is 15.2 Å². The minimum atomic E-state index is -5.76. The summed E-state index contributed by atoms with van der Waals surface area (Å²) in [7, 11) is 0. The van der Waals surface area contributed by atoms with E-state index in [1.807, 2.05) is 0 Å². The molecule has 80 valence electrons.